The summed E-state index contributed by atoms with van der Waals surface area (Å²) in [4.78, 5) is 16.9. The zero-order valence-electron chi connectivity index (χ0n) is 17.9. The first kappa shape index (κ1) is 21.3. The Kier molecular flexibility index (Phi) is 7.66. The molecule has 1 fully saturated rings. The second-order valence-corrected chi connectivity index (χ2v) is 7.75. The average Bonchev–Trinajstić information content (AvgIpc) is 3.04. The quantitative estimate of drug-likeness (QED) is 0.652. The van der Waals surface area contributed by atoms with E-state index < -0.39 is 0 Å². The third-order valence-corrected chi connectivity index (χ3v) is 5.37. The fourth-order valence-corrected chi connectivity index (χ4v) is 3.71. The second kappa shape index (κ2) is 10.4. The molecule has 1 aromatic carbocycles. The zero-order valence-corrected chi connectivity index (χ0v) is 17.9. The molecular formula is C22H33N5O2. The molecule has 1 aromatic heterocycles. The number of benzene rings is 1. The van der Waals surface area contributed by atoms with Gasteiger partial charge in [0.25, 0.3) is 0 Å². The fourth-order valence-electron chi connectivity index (χ4n) is 3.71. The Balaban J connectivity index is 1.30. The summed E-state index contributed by atoms with van der Waals surface area (Å²) in [5, 5.41) is 7.49. The first-order valence-electron chi connectivity index (χ1n) is 10.4. The minimum absolute atomic E-state index is 0.113. The van der Waals surface area contributed by atoms with Gasteiger partial charge in [-0.25, -0.2) is 0 Å². The van der Waals surface area contributed by atoms with E-state index in [0.717, 1.165) is 57.1 Å². The number of hydrogen-bond donors (Lipinski definition) is 1. The van der Waals surface area contributed by atoms with Crippen LogP contribution in [0, 0.1) is 13.8 Å². The van der Waals surface area contributed by atoms with Crippen molar-refractivity contribution < 1.29 is 9.53 Å². The summed E-state index contributed by atoms with van der Waals surface area (Å²) in [6, 6.07) is 10.3. The molecule has 1 amide bonds. The summed E-state index contributed by atoms with van der Waals surface area (Å²) in [6.45, 7) is 10.8. The molecule has 2 aromatic rings. The number of aryl methyl sites for hydroxylation is 3. The van der Waals surface area contributed by atoms with Gasteiger partial charge in [-0.3, -0.25) is 19.3 Å². The van der Waals surface area contributed by atoms with Gasteiger partial charge in [-0.1, -0.05) is 12.1 Å². The number of piperazine rings is 1. The number of amides is 1. The van der Waals surface area contributed by atoms with Gasteiger partial charge in [0, 0.05) is 51.5 Å². The van der Waals surface area contributed by atoms with Gasteiger partial charge in [0.1, 0.15) is 5.75 Å². The second-order valence-electron chi connectivity index (χ2n) is 7.75. The van der Waals surface area contributed by atoms with Gasteiger partial charge < -0.3 is 10.1 Å². The van der Waals surface area contributed by atoms with Crippen LogP contribution in [0.3, 0.4) is 0 Å². The lowest BCUT2D eigenvalue weighted by Gasteiger charge is -2.34. The first-order chi connectivity index (χ1) is 14.0. The SMILES string of the molecule is COc1ccc(CN2CCN(CC(=O)NCCCn3nc(C)cc3C)CC2)cc1. The number of rotatable bonds is 9. The molecule has 7 heteroatoms. The van der Waals surface area contributed by atoms with Crippen molar-refractivity contribution in [2.45, 2.75) is 33.4 Å². The van der Waals surface area contributed by atoms with E-state index in [-0.39, 0.29) is 5.91 Å². The maximum absolute atomic E-state index is 12.2. The maximum Gasteiger partial charge on any atom is 0.234 e. The number of nitrogens with one attached hydrogen (secondary N) is 1. The maximum atomic E-state index is 12.2. The van der Waals surface area contributed by atoms with Crippen LogP contribution in [0.25, 0.3) is 0 Å². The van der Waals surface area contributed by atoms with Crippen LogP contribution >= 0.6 is 0 Å². The van der Waals surface area contributed by atoms with Crippen LogP contribution in [0.15, 0.2) is 30.3 Å². The van der Waals surface area contributed by atoms with Gasteiger partial charge in [-0.05, 0) is 44.0 Å². The molecule has 0 spiro atoms. The Hall–Kier alpha value is -2.38. The normalized spacial score (nSPS) is 15.4. The molecule has 1 N–H and O–H groups in total. The summed E-state index contributed by atoms with van der Waals surface area (Å²) >= 11 is 0. The Morgan fingerprint density at radius 1 is 1.10 bits per heavy atom. The van der Waals surface area contributed by atoms with Crippen LogP contribution in [-0.2, 0) is 17.9 Å². The molecule has 0 atom stereocenters. The molecule has 1 aliphatic heterocycles. The van der Waals surface area contributed by atoms with Gasteiger partial charge in [0.15, 0.2) is 0 Å². The molecule has 0 bridgehead atoms. The highest BCUT2D eigenvalue weighted by atomic mass is 16.5. The van der Waals surface area contributed by atoms with Crippen molar-refractivity contribution in [3.63, 3.8) is 0 Å². The number of aromatic nitrogens is 2. The molecule has 2 heterocycles. The van der Waals surface area contributed by atoms with Crippen molar-refractivity contribution in [2.24, 2.45) is 0 Å². The summed E-state index contributed by atoms with van der Waals surface area (Å²) < 4.78 is 7.21. The number of carbonyl (C=O) groups is 1. The topological polar surface area (TPSA) is 62.6 Å². The highest BCUT2D eigenvalue weighted by Crippen LogP contribution is 2.14. The summed E-state index contributed by atoms with van der Waals surface area (Å²) in [5.74, 6) is 1.00. The smallest absolute Gasteiger partial charge is 0.234 e. The van der Waals surface area contributed by atoms with Gasteiger partial charge >= 0.3 is 0 Å². The molecule has 0 unspecified atom stereocenters. The summed E-state index contributed by atoms with van der Waals surface area (Å²) in [5.41, 5.74) is 3.50. The van der Waals surface area contributed by atoms with Gasteiger partial charge in [-0.2, -0.15) is 5.10 Å². The van der Waals surface area contributed by atoms with Gasteiger partial charge in [-0.15, -0.1) is 0 Å². The van der Waals surface area contributed by atoms with Gasteiger partial charge in [0.2, 0.25) is 5.91 Å². The Morgan fingerprint density at radius 2 is 1.79 bits per heavy atom. The molecule has 0 aliphatic carbocycles. The monoisotopic (exact) mass is 399 g/mol. The third kappa shape index (κ3) is 6.58. The van der Waals surface area contributed by atoms with E-state index in [1.165, 1.54) is 11.3 Å². The minimum Gasteiger partial charge on any atom is -0.497 e. The van der Waals surface area contributed by atoms with Crippen molar-refractivity contribution in [3.8, 4) is 5.75 Å². The van der Waals surface area contributed by atoms with Gasteiger partial charge in [0.05, 0.1) is 19.3 Å². The van der Waals surface area contributed by atoms with E-state index in [1.54, 1.807) is 7.11 Å². The Morgan fingerprint density at radius 3 is 2.41 bits per heavy atom. The first-order valence-corrected chi connectivity index (χ1v) is 10.4. The number of methoxy groups -OCH3 is 1. The van der Waals surface area contributed by atoms with Crippen LogP contribution in [0.4, 0.5) is 0 Å². The van der Waals surface area contributed by atoms with Crippen LogP contribution < -0.4 is 10.1 Å². The van der Waals surface area contributed by atoms with E-state index in [9.17, 15) is 4.79 Å². The summed E-state index contributed by atoms with van der Waals surface area (Å²) in [7, 11) is 1.69. The van der Waals surface area contributed by atoms with E-state index >= 15 is 0 Å². The lowest BCUT2D eigenvalue weighted by Crippen LogP contribution is -2.49. The molecular weight excluding hydrogens is 366 g/mol. The van der Waals surface area contributed by atoms with Crippen molar-refractivity contribution in [1.82, 2.24) is 24.9 Å². The van der Waals surface area contributed by atoms with E-state index in [4.69, 9.17) is 4.74 Å². The standard InChI is InChI=1S/C22H33N5O2/c1-18-15-19(2)27(24-18)10-4-9-23-22(28)17-26-13-11-25(12-14-26)16-20-5-7-21(29-3)8-6-20/h5-8,15H,4,9-14,16-17H2,1-3H3,(H,23,28). The molecule has 0 saturated carbocycles. The Bertz CT molecular complexity index is 779. The van der Waals surface area contributed by atoms with Crippen molar-refractivity contribution in [3.05, 3.63) is 47.3 Å². The molecule has 29 heavy (non-hydrogen) atoms. The number of carbonyl (C=O) groups excluding carboxylic acids is 1. The molecule has 7 nitrogen and oxygen atoms in total. The molecule has 1 aliphatic rings. The lowest BCUT2D eigenvalue weighted by atomic mass is 10.2. The Labute approximate surface area is 173 Å². The highest BCUT2D eigenvalue weighted by molar-refractivity contribution is 5.77. The highest BCUT2D eigenvalue weighted by Gasteiger charge is 2.18. The third-order valence-electron chi connectivity index (χ3n) is 5.37. The fraction of sp³-hybridized carbons (Fsp3) is 0.545. The van der Waals surface area contributed by atoms with Crippen molar-refractivity contribution in [2.75, 3.05) is 46.4 Å². The van der Waals surface area contributed by atoms with Crippen molar-refractivity contribution >= 4 is 5.91 Å². The van der Waals surface area contributed by atoms with Crippen LogP contribution in [0.5, 0.6) is 5.75 Å². The number of hydrogen-bond acceptors (Lipinski definition) is 5. The van der Waals surface area contributed by atoms with Crippen LogP contribution in [0.2, 0.25) is 0 Å². The van der Waals surface area contributed by atoms with Crippen LogP contribution in [-0.4, -0.2) is 71.9 Å². The molecule has 158 valence electrons. The predicted molar refractivity (Wildman–Crippen MR) is 114 cm³/mol. The molecule has 1 saturated heterocycles. The largest absolute Gasteiger partial charge is 0.497 e. The molecule has 0 radical (unpaired) electrons. The zero-order chi connectivity index (χ0) is 20.6. The number of nitrogens with zero attached hydrogens (tertiary/aromatic N) is 4. The van der Waals surface area contributed by atoms with E-state index in [0.29, 0.717) is 13.1 Å². The number of ether oxygens (including phenoxy) is 1. The lowest BCUT2D eigenvalue weighted by molar-refractivity contribution is -0.122. The van der Waals surface area contributed by atoms with Crippen LogP contribution in [0.1, 0.15) is 23.4 Å². The van der Waals surface area contributed by atoms with E-state index in [2.05, 4.69) is 45.3 Å². The summed E-state index contributed by atoms with van der Waals surface area (Å²) in [6.07, 6.45) is 0.892. The molecule has 3 rings (SSSR count). The minimum atomic E-state index is 0.113. The predicted octanol–water partition coefficient (Wildman–Crippen LogP) is 1.83. The van der Waals surface area contributed by atoms with Crippen molar-refractivity contribution in [1.29, 1.82) is 0 Å². The average molecular weight is 400 g/mol. The van der Waals surface area contributed by atoms with E-state index in [1.807, 2.05) is 23.7 Å².